The highest BCUT2D eigenvalue weighted by molar-refractivity contribution is 5.76. The first-order valence-corrected chi connectivity index (χ1v) is 5.92. The van der Waals surface area contributed by atoms with Crippen molar-refractivity contribution >= 4 is 11.9 Å². The zero-order chi connectivity index (χ0) is 13.2. The maximum atomic E-state index is 11.8. The molecule has 1 aliphatic heterocycles. The maximum absolute atomic E-state index is 11.8. The molecule has 0 aromatic carbocycles. The molecular formula is C12H21NO4. The number of rotatable bonds is 3. The van der Waals surface area contributed by atoms with E-state index in [2.05, 4.69) is 5.32 Å². The summed E-state index contributed by atoms with van der Waals surface area (Å²) in [6, 6.07) is -0.643. The average Bonchev–Trinajstić information content (AvgIpc) is 2.62. The molecule has 0 spiro atoms. The number of aliphatic carboxylic acids is 1. The third kappa shape index (κ3) is 4.00. The molecule has 1 heterocycles. The van der Waals surface area contributed by atoms with Gasteiger partial charge >= 0.3 is 11.9 Å². The monoisotopic (exact) mass is 243 g/mol. The molecule has 0 amide bonds. The fourth-order valence-electron chi connectivity index (χ4n) is 1.92. The van der Waals surface area contributed by atoms with Crippen LogP contribution in [0.5, 0.6) is 0 Å². The van der Waals surface area contributed by atoms with E-state index in [4.69, 9.17) is 9.84 Å². The zero-order valence-electron chi connectivity index (χ0n) is 10.8. The molecule has 5 nitrogen and oxygen atoms in total. The highest BCUT2D eigenvalue weighted by Crippen LogP contribution is 2.22. The number of carbonyl (C=O) groups excluding carboxylic acids is 1. The Kier molecular flexibility index (Phi) is 4.14. The van der Waals surface area contributed by atoms with Crippen molar-refractivity contribution < 1.29 is 19.4 Å². The SMILES string of the molecule is C[C@H](C(=O)OC(C)(C)C)C1CCC(C(=O)O)N1. The van der Waals surface area contributed by atoms with Crippen LogP contribution in [-0.2, 0) is 14.3 Å². The number of nitrogens with one attached hydrogen (secondary N) is 1. The minimum atomic E-state index is -0.858. The van der Waals surface area contributed by atoms with Crippen LogP contribution >= 0.6 is 0 Å². The maximum Gasteiger partial charge on any atom is 0.320 e. The first-order valence-electron chi connectivity index (χ1n) is 5.92. The average molecular weight is 243 g/mol. The van der Waals surface area contributed by atoms with E-state index in [0.717, 1.165) is 0 Å². The van der Waals surface area contributed by atoms with Gasteiger partial charge in [-0.25, -0.2) is 0 Å². The Balaban J connectivity index is 2.52. The molecule has 0 saturated carbocycles. The van der Waals surface area contributed by atoms with Gasteiger partial charge in [0.15, 0.2) is 0 Å². The van der Waals surface area contributed by atoms with Crippen molar-refractivity contribution in [2.75, 3.05) is 0 Å². The number of ether oxygens (including phenoxy) is 1. The zero-order valence-corrected chi connectivity index (χ0v) is 10.8. The number of carboxylic acids is 1. The third-order valence-electron chi connectivity index (χ3n) is 2.86. The fraction of sp³-hybridized carbons (Fsp3) is 0.833. The first-order chi connectivity index (χ1) is 7.70. The van der Waals surface area contributed by atoms with Crippen molar-refractivity contribution in [1.29, 1.82) is 0 Å². The van der Waals surface area contributed by atoms with Crippen molar-refractivity contribution in [1.82, 2.24) is 5.32 Å². The van der Waals surface area contributed by atoms with Crippen molar-refractivity contribution in [3.63, 3.8) is 0 Å². The molecule has 0 radical (unpaired) electrons. The van der Waals surface area contributed by atoms with Gasteiger partial charge in [0.05, 0.1) is 5.92 Å². The van der Waals surface area contributed by atoms with Crippen LogP contribution in [0.25, 0.3) is 0 Å². The Morgan fingerprint density at radius 3 is 2.35 bits per heavy atom. The highest BCUT2D eigenvalue weighted by atomic mass is 16.6. The Bertz CT molecular complexity index is 308. The summed E-state index contributed by atoms with van der Waals surface area (Å²) in [5, 5.41) is 11.8. The second-order valence-electron chi connectivity index (χ2n) is 5.56. The minimum Gasteiger partial charge on any atom is -0.480 e. The summed E-state index contributed by atoms with van der Waals surface area (Å²) in [6.07, 6.45) is 1.25. The van der Waals surface area contributed by atoms with Crippen molar-refractivity contribution in [2.24, 2.45) is 5.92 Å². The quantitative estimate of drug-likeness (QED) is 0.728. The molecule has 0 aliphatic carbocycles. The Labute approximate surface area is 102 Å². The second-order valence-corrected chi connectivity index (χ2v) is 5.56. The first kappa shape index (κ1) is 14.0. The summed E-state index contributed by atoms with van der Waals surface area (Å²) in [5.41, 5.74) is -0.504. The molecule has 2 unspecified atom stereocenters. The molecule has 0 aromatic rings. The van der Waals surface area contributed by atoms with Crippen LogP contribution in [0.4, 0.5) is 0 Å². The molecule has 0 aromatic heterocycles. The summed E-state index contributed by atoms with van der Waals surface area (Å²) < 4.78 is 5.28. The summed E-state index contributed by atoms with van der Waals surface area (Å²) in [7, 11) is 0. The number of esters is 1. The minimum absolute atomic E-state index is 0.106. The lowest BCUT2D eigenvalue weighted by Gasteiger charge is -2.25. The molecule has 1 rings (SSSR count). The van der Waals surface area contributed by atoms with E-state index in [0.29, 0.717) is 12.8 Å². The summed E-state index contributed by atoms with van der Waals surface area (Å²) in [5.74, 6) is -1.46. The lowest BCUT2D eigenvalue weighted by molar-refractivity contribution is -0.160. The summed E-state index contributed by atoms with van der Waals surface area (Å²) >= 11 is 0. The third-order valence-corrected chi connectivity index (χ3v) is 2.86. The molecule has 1 aliphatic rings. The standard InChI is InChI=1S/C12H21NO4/c1-7(11(16)17-12(2,3)4)8-5-6-9(13-8)10(14)15/h7-9,13H,5-6H2,1-4H3,(H,14,15)/t7-,8?,9?/m0/s1. The molecule has 0 bridgehead atoms. The van der Waals surface area contributed by atoms with Gasteiger partial charge in [-0.15, -0.1) is 0 Å². The van der Waals surface area contributed by atoms with Gasteiger partial charge in [-0.05, 0) is 33.6 Å². The van der Waals surface area contributed by atoms with Gasteiger partial charge in [0.1, 0.15) is 11.6 Å². The van der Waals surface area contributed by atoms with E-state index in [1.807, 2.05) is 20.8 Å². The normalized spacial score (nSPS) is 26.6. The van der Waals surface area contributed by atoms with E-state index >= 15 is 0 Å². The molecule has 98 valence electrons. The van der Waals surface area contributed by atoms with Crippen LogP contribution < -0.4 is 5.32 Å². The predicted octanol–water partition coefficient (Wildman–Crippen LogP) is 1.17. The summed E-state index contributed by atoms with van der Waals surface area (Å²) in [4.78, 5) is 22.6. The fourth-order valence-corrected chi connectivity index (χ4v) is 1.92. The topological polar surface area (TPSA) is 75.6 Å². The van der Waals surface area contributed by atoms with E-state index in [1.54, 1.807) is 6.92 Å². The number of carboxylic acid groups (broad SMARTS) is 1. The predicted molar refractivity (Wildman–Crippen MR) is 62.6 cm³/mol. The van der Waals surface area contributed by atoms with Gasteiger partial charge in [0, 0.05) is 6.04 Å². The molecule has 17 heavy (non-hydrogen) atoms. The van der Waals surface area contributed by atoms with Crippen LogP contribution in [0.3, 0.4) is 0 Å². The molecule has 5 heteroatoms. The van der Waals surface area contributed by atoms with Crippen molar-refractivity contribution in [3.8, 4) is 0 Å². The largest absolute Gasteiger partial charge is 0.480 e. The van der Waals surface area contributed by atoms with Crippen LogP contribution in [-0.4, -0.2) is 34.7 Å². The van der Waals surface area contributed by atoms with Crippen LogP contribution in [0.15, 0.2) is 0 Å². The van der Waals surface area contributed by atoms with E-state index < -0.39 is 17.6 Å². The number of hydrogen-bond donors (Lipinski definition) is 2. The van der Waals surface area contributed by atoms with Crippen LogP contribution in [0.2, 0.25) is 0 Å². The van der Waals surface area contributed by atoms with E-state index in [9.17, 15) is 9.59 Å². The van der Waals surface area contributed by atoms with Gasteiger partial charge < -0.3 is 15.2 Å². The van der Waals surface area contributed by atoms with Gasteiger partial charge in [0.25, 0.3) is 0 Å². The lowest BCUT2D eigenvalue weighted by atomic mass is 10.0. The van der Waals surface area contributed by atoms with Gasteiger partial charge in [-0.2, -0.15) is 0 Å². The molecule has 1 fully saturated rings. The molecule has 1 saturated heterocycles. The molecule has 3 atom stereocenters. The smallest absolute Gasteiger partial charge is 0.320 e. The van der Waals surface area contributed by atoms with Gasteiger partial charge in [0.2, 0.25) is 0 Å². The molecule has 2 N–H and O–H groups in total. The van der Waals surface area contributed by atoms with E-state index in [1.165, 1.54) is 0 Å². The Morgan fingerprint density at radius 2 is 1.94 bits per heavy atom. The second kappa shape index (κ2) is 5.04. The number of carbonyl (C=O) groups is 2. The van der Waals surface area contributed by atoms with E-state index in [-0.39, 0.29) is 17.9 Å². The van der Waals surface area contributed by atoms with Gasteiger partial charge in [-0.3, -0.25) is 9.59 Å². The van der Waals surface area contributed by atoms with Gasteiger partial charge in [-0.1, -0.05) is 6.92 Å². The molecular weight excluding hydrogens is 222 g/mol. The van der Waals surface area contributed by atoms with Crippen molar-refractivity contribution in [2.45, 2.75) is 58.2 Å². The van der Waals surface area contributed by atoms with Crippen LogP contribution in [0.1, 0.15) is 40.5 Å². The Morgan fingerprint density at radius 1 is 1.35 bits per heavy atom. The van der Waals surface area contributed by atoms with Crippen LogP contribution in [0, 0.1) is 5.92 Å². The lowest BCUT2D eigenvalue weighted by Crippen LogP contribution is -2.42. The summed E-state index contributed by atoms with van der Waals surface area (Å²) in [6.45, 7) is 7.23. The Hall–Kier alpha value is -1.10. The van der Waals surface area contributed by atoms with Crippen molar-refractivity contribution in [3.05, 3.63) is 0 Å². The highest BCUT2D eigenvalue weighted by Gasteiger charge is 2.36. The number of hydrogen-bond acceptors (Lipinski definition) is 4.